The summed E-state index contributed by atoms with van der Waals surface area (Å²) < 4.78 is 5.42. The number of carboxylic acid groups (broad SMARTS) is 1. The van der Waals surface area contributed by atoms with Gasteiger partial charge in [0.2, 0.25) is 0 Å². The minimum absolute atomic E-state index is 0.388. The highest BCUT2D eigenvalue weighted by Gasteiger charge is 2.11. The molecule has 0 radical (unpaired) electrons. The third-order valence-corrected chi connectivity index (χ3v) is 2.98. The van der Waals surface area contributed by atoms with E-state index in [1.807, 2.05) is 6.07 Å². The molecule has 3 nitrogen and oxygen atoms in total. The van der Waals surface area contributed by atoms with Gasteiger partial charge in [0.15, 0.2) is 0 Å². The molecule has 1 N–H and O–H groups in total. The van der Waals surface area contributed by atoms with Gasteiger partial charge in [-0.1, -0.05) is 13.8 Å². The number of ether oxygens (including phenoxy) is 1. The summed E-state index contributed by atoms with van der Waals surface area (Å²) in [4.78, 5) is 11.2. The van der Waals surface area contributed by atoms with Crippen molar-refractivity contribution >= 4 is 17.3 Å². The number of thiophene rings is 1. The van der Waals surface area contributed by atoms with Crippen molar-refractivity contribution in [2.75, 3.05) is 6.61 Å². The molecule has 0 spiro atoms. The van der Waals surface area contributed by atoms with Crippen molar-refractivity contribution in [1.29, 1.82) is 0 Å². The van der Waals surface area contributed by atoms with Gasteiger partial charge in [-0.3, -0.25) is 0 Å². The molecule has 0 amide bonds. The molecule has 0 aliphatic rings. The minimum atomic E-state index is -0.868. The molecule has 0 aliphatic carbocycles. The standard InChI is InChI=1S/C11H16O3S/c1-8(2)3-5-14-7-9-4-6-15-10(9)11(12)13/h4,6,8H,3,5,7H2,1-2H3,(H,12,13). The fourth-order valence-corrected chi connectivity index (χ4v) is 1.89. The van der Waals surface area contributed by atoms with Crippen molar-refractivity contribution in [3.8, 4) is 0 Å². The Kier molecular flexibility index (Phi) is 4.78. The first-order valence-corrected chi connectivity index (χ1v) is 5.86. The second-order valence-corrected chi connectivity index (χ2v) is 4.73. The Morgan fingerprint density at radius 2 is 2.33 bits per heavy atom. The lowest BCUT2D eigenvalue weighted by Crippen LogP contribution is -2.02. The Morgan fingerprint density at radius 3 is 2.93 bits per heavy atom. The predicted octanol–water partition coefficient (Wildman–Crippen LogP) is 3.01. The van der Waals surface area contributed by atoms with Gasteiger partial charge in [-0.15, -0.1) is 11.3 Å². The number of rotatable bonds is 6. The molecular weight excluding hydrogens is 212 g/mol. The highest BCUT2D eigenvalue weighted by molar-refractivity contribution is 7.12. The summed E-state index contributed by atoms with van der Waals surface area (Å²) in [6.07, 6.45) is 1.01. The number of carboxylic acids is 1. The molecule has 0 aliphatic heterocycles. The molecule has 84 valence electrons. The van der Waals surface area contributed by atoms with E-state index >= 15 is 0 Å². The van der Waals surface area contributed by atoms with Gasteiger partial charge in [0, 0.05) is 12.2 Å². The minimum Gasteiger partial charge on any atom is -0.477 e. The van der Waals surface area contributed by atoms with Crippen molar-refractivity contribution in [2.45, 2.75) is 26.9 Å². The van der Waals surface area contributed by atoms with E-state index in [0.717, 1.165) is 12.0 Å². The van der Waals surface area contributed by atoms with E-state index in [1.165, 1.54) is 11.3 Å². The first kappa shape index (κ1) is 12.2. The lowest BCUT2D eigenvalue weighted by molar-refractivity contribution is 0.0691. The Labute approximate surface area is 93.7 Å². The summed E-state index contributed by atoms with van der Waals surface area (Å²) in [5, 5.41) is 10.6. The molecule has 1 aromatic heterocycles. The fourth-order valence-electron chi connectivity index (χ4n) is 1.14. The zero-order chi connectivity index (χ0) is 11.3. The molecule has 0 unspecified atom stereocenters. The van der Waals surface area contributed by atoms with E-state index in [9.17, 15) is 4.79 Å². The van der Waals surface area contributed by atoms with Crippen LogP contribution in [0.15, 0.2) is 11.4 Å². The van der Waals surface area contributed by atoms with Crippen LogP contribution in [-0.2, 0) is 11.3 Å². The summed E-state index contributed by atoms with van der Waals surface area (Å²) in [5.41, 5.74) is 0.774. The summed E-state index contributed by atoms with van der Waals surface area (Å²) in [6.45, 7) is 5.36. The second kappa shape index (κ2) is 5.88. The van der Waals surface area contributed by atoms with Crippen LogP contribution in [0.4, 0.5) is 0 Å². The van der Waals surface area contributed by atoms with Crippen LogP contribution < -0.4 is 0 Å². The Balaban J connectivity index is 2.37. The molecule has 0 saturated carbocycles. The quantitative estimate of drug-likeness (QED) is 0.761. The molecule has 0 atom stereocenters. The Morgan fingerprint density at radius 1 is 1.60 bits per heavy atom. The van der Waals surface area contributed by atoms with Crippen molar-refractivity contribution < 1.29 is 14.6 Å². The van der Waals surface area contributed by atoms with Crippen LogP contribution in [0.2, 0.25) is 0 Å². The van der Waals surface area contributed by atoms with Crippen LogP contribution in [0.5, 0.6) is 0 Å². The molecule has 0 aromatic carbocycles. The molecular formula is C11H16O3S. The average molecular weight is 228 g/mol. The zero-order valence-corrected chi connectivity index (χ0v) is 9.84. The average Bonchev–Trinajstić information content (AvgIpc) is 2.60. The van der Waals surface area contributed by atoms with Crippen molar-refractivity contribution in [2.24, 2.45) is 5.92 Å². The molecule has 0 saturated heterocycles. The molecule has 15 heavy (non-hydrogen) atoms. The van der Waals surface area contributed by atoms with Crippen molar-refractivity contribution in [3.05, 3.63) is 21.9 Å². The van der Waals surface area contributed by atoms with Gasteiger partial charge in [0.05, 0.1) is 6.61 Å². The first-order valence-electron chi connectivity index (χ1n) is 4.98. The van der Waals surface area contributed by atoms with E-state index in [1.54, 1.807) is 5.38 Å². The molecule has 1 rings (SSSR count). The second-order valence-electron chi connectivity index (χ2n) is 3.82. The number of hydrogen-bond acceptors (Lipinski definition) is 3. The smallest absolute Gasteiger partial charge is 0.346 e. The summed E-state index contributed by atoms with van der Waals surface area (Å²) in [7, 11) is 0. The third-order valence-electron chi connectivity index (χ3n) is 2.04. The SMILES string of the molecule is CC(C)CCOCc1ccsc1C(=O)O. The molecule has 1 heterocycles. The van der Waals surface area contributed by atoms with Crippen LogP contribution >= 0.6 is 11.3 Å². The lowest BCUT2D eigenvalue weighted by Gasteiger charge is -2.05. The van der Waals surface area contributed by atoms with Gasteiger partial charge in [0.25, 0.3) is 0 Å². The zero-order valence-electron chi connectivity index (χ0n) is 9.03. The number of hydrogen-bond donors (Lipinski definition) is 1. The molecule has 0 bridgehead atoms. The van der Waals surface area contributed by atoms with Crippen molar-refractivity contribution in [3.63, 3.8) is 0 Å². The van der Waals surface area contributed by atoms with E-state index in [-0.39, 0.29) is 0 Å². The van der Waals surface area contributed by atoms with Crippen LogP contribution in [0.1, 0.15) is 35.5 Å². The van der Waals surface area contributed by atoms with Gasteiger partial charge in [-0.05, 0) is 23.8 Å². The maximum atomic E-state index is 10.8. The highest BCUT2D eigenvalue weighted by Crippen LogP contribution is 2.17. The summed E-state index contributed by atoms with van der Waals surface area (Å²) in [5.74, 6) is -0.251. The third kappa shape index (κ3) is 4.01. The van der Waals surface area contributed by atoms with E-state index < -0.39 is 5.97 Å². The van der Waals surface area contributed by atoms with Gasteiger partial charge in [-0.25, -0.2) is 4.79 Å². The monoisotopic (exact) mass is 228 g/mol. The van der Waals surface area contributed by atoms with Gasteiger partial charge >= 0.3 is 5.97 Å². The van der Waals surface area contributed by atoms with Crippen molar-refractivity contribution in [1.82, 2.24) is 0 Å². The van der Waals surface area contributed by atoms with Crippen LogP contribution in [0.25, 0.3) is 0 Å². The predicted molar refractivity (Wildman–Crippen MR) is 60.4 cm³/mol. The van der Waals surface area contributed by atoms with E-state index in [4.69, 9.17) is 9.84 Å². The molecule has 1 aromatic rings. The first-order chi connectivity index (χ1) is 7.11. The maximum Gasteiger partial charge on any atom is 0.346 e. The molecule has 0 fully saturated rings. The highest BCUT2D eigenvalue weighted by atomic mass is 32.1. The topological polar surface area (TPSA) is 46.5 Å². The lowest BCUT2D eigenvalue weighted by atomic mass is 10.1. The number of carbonyl (C=O) groups is 1. The summed E-state index contributed by atoms with van der Waals surface area (Å²) in [6, 6.07) is 1.81. The Bertz CT molecular complexity index is 317. The van der Waals surface area contributed by atoms with Gasteiger partial charge in [0.1, 0.15) is 4.88 Å². The van der Waals surface area contributed by atoms with Gasteiger partial charge < -0.3 is 9.84 Å². The van der Waals surface area contributed by atoms with Crippen LogP contribution in [0, 0.1) is 5.92 Å². The number of aromatic carboxylic acids is 1. The summed E-state index contributed by atoms with van der Waals surface area (Å²) >= 11 is 1.24. The van der Waals surface area contributed by atoms with Crippen LogP contribution in [0.3, 0.4) is 0 Å². The normalized spacial score (nSPS) is 10.9. The molecule has 4 heteroatoms. The van der Waals surface area contributed by atoms with E-state index in [0.29, 0.717) is 24.0 Å². The van der Waals surface area contributed by atoms with Crippen LogP contribution in [-0.4, -0.2) is 17.7 Å². The fraction of sp³-hybridized carbons (Fsp3) is 0.545. The van der Waals surface area contributed by atoms with E-state index in [2.05, 4.69) is 13.8 Å². The maximum absolute atomic E-state index is 10.8. The largest absolute Gasteiger partial charge is 0.477 e. The Hall–Kier alpha value is -0.870. The van der Waals surface area contributed by atoms with Gasteiger partial charge in [-0.2, -0.15) is 0 Å².